The van der Waals surface area contributed by atoms with Crippen LogP contribution in [0.15, 0.2) is 48.5 Å². The first-order chi connectivity index (χ1) is 12.0. The SMILES string of the molecule is CCC(C)c1ccccc1OCC(=O)NNC(=O)c1cccc(Cl)c1. The van der Waals surface area contributed by atoms with Crippen LogP contribution in [0.4, 0.5) is 0 Å². The molecular formula is C19H21ClN2O3. The molecule has 25 heavy (non-hydrogen) atoms. The number of rotatable bonds is 6. The average Bonchev–Trinajstić information content (AvgIpc) is 2.64. The minimum Gasteiger partial charge on any atom is -0.483 e. The Balaban J connectivity index is 1.86. The Kier molecular flexibility index (Phi) is 6.83. The average molecular weight is 361 g/mol. The number of nitrogens with one attached hydrogen (secondary N) is 2. The molecule has 1 atom stereocenters. The molecule has 2 amide bonds. The van der Waals surface area contributed by atoms with Gasteiger partial charge in [0.1, 0.15) is 5.75 Å². The molecule has 6 heteroatoms. The van der Waals surface area contributed by atoms with Crippen LogP contribution in [-0.4, -0.2) is 18.4 Å². The van der Waals surface area contributed by atoms with Gasteiger partial charge in [0.15, 0.2) is 6.61 Å². The number of hydrogen-bond acceptors (Lipinski definition) is 3. The van der Waals surface area contributed by atoms with E-state index in [4.69, 9.17) is 16.3 Å². The third kappa shape index (κ3) is 5.50. The Bertz CT molecular complexity index is 749. The summed E-state index contributed by atoms with van der Waals surface area (Å²) < 4.78 is 5.59. The number of hydrogen-bond donors (Lipinski definition) is 2. The fourth-order valence-corrected chi connectivity index (χ4v) is 2.44. The van der Waals surface area contributed by atoms with Crippen molar-refractivity contribution in [3.05, 3.63) is 64.7 Å². The molecule has 2 rings (SSSR count). The van der Waals surface area contributed by atoms with Crippen molar-refractivity contribution >= 4 is 23.4 Å². The first kappa shape index (κ1) is 18.8. The molecule has 0 heterocycles. The van der Waals surface area contributed by atoms with Gasteiger partial charge in [-0.3, -0.25) is 20.4 Å². The van der Waals surface area contributed by atoms with Crippen molar-refractivity contribution in [1.29, 1.82) is 0 Å². The van der Waals surface area contributed by atoms with Crippen LogP contribution in [0.1, 0.15) is 42.1 Å². The van der Waals surface area contributed by atoms with Gasteiger partial charge in [0.25, 0.3) is 11.8 Å². The van der Waals surface area contributed by atoms with Gasteiger partial charge in [-0.2, -0.15) is 0 Å². The van der Waals surface area contributed by atoms with Crippen molar-refractivity contribution in [2.75, 3.05) is 6.61 Å². The van der Waals surface area contributed by atoms with Crippen molar-refractivity contribution in [3.63, 3.8) is 0 Å². The summed E-state index contributed by atoms with van der Waals surface area (Å²) >= 11 is 5.83. The first-order valence-corrected chi connectivity index (χ1v) is 8.45. The lowest BCUT2D eigenvalue weighted by atomic mass is 9.98. The van der Waals surface area contributed by atoms with Gasteiger partial charge in [-0.15, -0.1) is 0 Å². The summed E-state index contributed by atoms with van der Waals surface area (Å²) in [6.45, 7) is 4.01. The lowest BCUT2D eigenvalue weighted by Gasteiger charge is -2.15. The van der Waals surface area contributed by atoms with E-state index in [0.29, 0.717) is 22.3 Å². The molecule has 132 valence electrons. The fraction of sp³-hybridized carbons (Fsp3) is 0.263. The third-order valence-electron chi connectivity index (χ3n) is 3.82. The van der Waals surface area contributed by atoms with E-state index in [1.165, 1.54) is 6.07 Å². The number of amides is 2. The van der Waals surface area contributed by atoms with E-state index in [9.17, 15) is 9.59 Å². The summed E-state index contributed by atoms with van der Waals surface area (Å²) in [5, 5.41) is 0.448. The van der Waals surface area contributed by atoms with Crippen LogP contribution in [-0.2, 0) is 4.79 Å². The van der Waals surface area contributed by atoms with Crippen molar-refractivity contribution in [2.45, 2.75) is 26.2 Å². The molecule has 0 aliphatic rings. The highest BCUT2D eigenvalue weighted by atomic mass is 35.5. The maximum Gasteiger partial charge on any atom is 0.276 e. The molecular weight excluding hydrogens is 340 g/mol. The molecule has 1 unspecified atom stereocenters. The largest absolute Gasteiger partial charge is 0.483 e. The van der Waals surface area contributed by atoms with Gasteiger partial charge < -0.3 is 4.74 Å². The van der Waals surface area contributed by atoms with Gasteiger partial charge in [0, 0.05) is 10.6 Å². The first-order valence-electron chi connectivity index (χ1n) is 8.07. The molecule has 0 saturated carbocycles. The van der Waals surface area contributed by atoms with E-state index in [2.05, 4.69) is 24.7 Å². The van der Waals surface area contributed by atoms with E-state index in [0.717, 1.165) is 12.0 Å². The van der Waals surface area contributed by atoms with Crippen LogP contribution in [0.2, 0.25) is 5.02 Å². The molecule has 0 aromatic heterocycles. The summed E-state index contributed by atoms with van der Waals surface area (Å²) in [7, 11) is 0. The number of ether oxygens (including phenoxy) is 1. The zero-order valence-corrected chi connectivity index (χ0v) is 15.0. The number of halogens is 1. The topological polar surface area (TPSA) is 67.4 Å². The zero-order valence-electron chi connectivity index (χ0n) is 14.2. The third-order valence-corrected chi connectivity index (χ3v) is 4.06. The van der Waals surface area contributed by atoms with Gasteiger partial charge in [-0.1, -0.05) is 49.7 Å². The zero-order chi connectivity index (χ0) is 18.2. The van der Waals surface area contributed by atoms with Crippen LogP contribution in [0.3, 0.4) is 0 Å². The molecule has 0 spiro atoms. The number of carbonyl (C=O) groups excluding carboxylic acids is 2. The summed E-state index contributed by atoms with van der Waals surface area (Å²) in [5.74, 6) is 0.111. The molecule has 2 N–H and O–H groups in total. The van der Waals surface area contributed by atoms with Crippen LogP contribution in [0.25, 0.3) is 0 Å². The molecule has 0 aliphatic heterocycles. The second-order valence-electron chi connectivity index (χ2n) is 5.65. The van der Waals surface area contributed by atoms with Crippen LogP contribution < -0.4 is 15.6 Å². The molecule has 0 saturated heterocycles. The smallest absolute Gasteiger partial charge is 0.276 e. The predicted molar refractivity (Wildman–Crippen MR) is 97.7 cm³/mol. The molecule has 2 aromatic carbocycles. The summed E-state index contributed by atoms with van der Waals surface area (Å²) in [6, 6.07) is 14.1. The van der Waals surface area contributed by atoms with Crippen LogP contribution >= 0.6 is 11.6 Å². The number of hydrazine groups is 1. The minimum absolute atomic E-state index is 0.191. The monoisotopic (exact) mass is 360 g/mol. The molecule has 2 aromatic rings. The molecule has 5 nitrogen and oxygen atoms in total. The summed E-state index contributed by atoms with van der Waals surface area (Å²) in [4.78, 5) is 23.8. The highest BCUT2D eigenvalue weighted by Gasteiger charge is 2.12. The van der Waals surface area contributed by atoms with E-state index < -0.39 is 11.8 Å². The van der Waals surface area contributed by atoms with Crippen molar-refractivity contribution < 1.29 is 14.3 Å². The second kappa shape index (κ2) is 9.08. The molecule has 0 fully saturated rings. The van der Waals surface area contributed by atoms with Crippen LogP contribution in [0.5, 0.6) is 5.75 Å². The molecule has 0 radical (unpaired) electrons. The normalized spacial score (nSPS) is 11.5. The minimum atomic E-state index is -0.450. The van der Waals surface area contributed by atoms with Crippen molar-refractivity contribution in [3.8, 4) is 5.75 Å². The Morgan fingerprint density at radius 3 is 2.60 bits per heavy atom. The number of para-hydroxylation sites is 1. The van der Waals surface area contributed by atoms with Crippen LogP contribution in [0, 0.1) is 0 Å². The maximum atomic E-state index is 11.9. The van der Waals surface area contributed by atoms with E-state index in [-0.39, 0.29) is 6.61 Å². The van der Waals surface area contributed by atoms with E-state index in [1.807, 2.05) is 24.3 Å². The van der Waals surface area contributed by atoms with E-state index >= 15 is 0 Å². The molecule has 0 bridgehead atoms. The second-order valence-corrected chi connectivity index (χ2v) is 6.08. The van der Waals surface area contributed by atoms with E-state index in [1.54, 1.807) is 18.2 Å². The summed E-state index contributed by atoms with van der Waals surface area (Å²) in [6.07, 6.45) is 0.974. The van der Waals surface area contributed by atoms with Gasteiger partial charge in [0.2, 0.25) is 0 Å². The lowest BCUT2D eigenvalue weighted by molar-refractivity contribution is -0.123. The Labute approximate surface area is 152 Å². The van der Waals surface area contributed by atoms with Gasteiger partial charge in [-0.25, -0.2) is 0 Å². The van der Waals surface area contributed by atoms with Gasteiger partial charge in [0.05, 0.1) is 0 Å². The maximum absolute atomic E-state index is 11.9. The number of carbonyl (C=O) groups is 2. The fourth-order valence-electron chi connectivity index (χ4n) is 2.25. The summed E-state index contributed by atoms with van der Waals surface area (Å²) in [5.41, 5.74) is 6.07. The standard InChI is InChI=1S/C19H21ClN2O3/c1-3-13(2)16-9-4-5-10-17(16)25-12-18(23)21-22-19(24)14-7-6-8-15(20)11-14/h4-11,13H,3,12H2,1-2H3,(H,21,23)(H,22,24). The van der Waals surface area contributed by atoms with Gasteiger partial charge >= 0.3 is 0 Å². The molecule has 0 aliphatic carbocycles. The Morgan fingerprint density at radius 2 is 1.88 bits per heavy atom. The lowest BCUT2D eigenvalue weighted by Crippen LogP contribution is -2.43. The van der Waals surface area contributed by atoms with Crippen molar-refractivity contribution in [2.24, 2.45) is 0 Å². The quantitative estimate of drug-likeness (QED) is 0.772. The Hall–Kier alpha value is -2.53. The predicted octanol–water partition coefficient (Wildman–Crippen LogP) is 3.69. The Morgan fingerprint density at radius 1 is 1.12 bits per heavy atom. The highest BCUT2D eigenvalue weighted by molar-refractivity contribution is 6.30. The van der Waals surface area contributed by atoms with Crippen molar-refractivity contribution in [1.82, 2.24) is 10.9 Å². The number of benzene rings is 2. The highest BCUT2D eigenvalue weighted by Crippen LogP contribution is 2.28. The van der Waals surface area contributed by atoms with Gasteiger partial charge in [-0.05, 0) is 42.2 Å².